The fourth-order valence-electron chi connectivity index (χ4n) is 3.77. The predicted octanol–water partition coefficient (Wildman–Crippen LogP) is 1.85. The Bertz CT molecular complexity index is 1300. The summed E-state index contributed by atoms with van der Waals surface area (Å²) in [6, 6.07) is 16.5. The maximum Gasteiger partial charge on any atom is 0.291 e. The van der Waals surface area contributed by atoms with Gasteiger partial charge in [-0.1, -0.05) is 48.5 Å². The van der Waals surface area contributed by atoms with E-state index in [-0.39, 0.29) is 17.6 Å². The number of ether oxygens (including phenoxy) is 2. The van der Waals surface area contributed by atoms with Gasteiger partial charge in [0.1, 0.15) is 0 Å². The summed E-state index contributed by atoms with van der Waals surface area (Å²) in [5.41, 5.74) is 9.06. The minimum absolute atomic E-state index is 0.251. The summed E-state index contributed by atoms with van der Waals surface area (Å²) in [5, 5.41) is 11.2. The van der Waals surface area contributed by atoms with Crippen molar-refractivity contribution in [2.75, 3.05) is 36.5 Å². The molecular formula is C23H22N8O3S. The summed E-state index contributed by atoms with van der Waals surface area (Å²) in [7, 11) is 0. The molecule has 2 aliphatic rings. The Morgan fingerprint density at radius 3 is 2.69 bits per heavy atom. The second kappa shape index (κ2) is 9.99. The van der Waals surface area contributed by atoms with Gasteiger partial charge >= 0.3 is 0 Å². The molecular weight excluding hydrogens is 468 g/mol. The van der Waals surface area contributed by atoms with Crippen molar-refractivity contribution in [3.8, 4) is 0 Å². The second-order valence-corrected chi connectivity index (χ2v) is 8.22. The number of hydrogen-bond acceptors (Lipinski definition) is 10. The molecule has 35 heavy (non-hydrogen) atoms. The highest BCUT2D eigenvalue weighted by Gasteiger charge is 2.27. The van der Waals surface area contributed by atoms with Crippen LogP contribution in [0.4, 0.5) is 11.5 Å². The van der Waals surface area contributed by atoms with Crippen LogP contribution in [0.1, 0.15) is 16.8 Å². The number of amidine groups is 1. The third-order valence-corrected chi connectivity index (χ3v) is 5.95. The zero-order chi connectivity index (χ0) is 24.2. The smallest absolute Gasteiger partial charge is 0.291 e. The van der Waals surface area contributed by atoms with E-state index >= 15 is 0 Å². The van der Waals surface area contributed by atoms with Crippen molar-refractivity contribution in [1.82, 2.24) is 8.75 Å². The second-order valence-electron chi connectivity index (χ2n) is 7.69. The lowest BCUT2D eigenvalue weighted by Gasteiger charge is -2.27. The summed E-state index contributed by atoms with van der Waals surface area (Å²) in [5.74, 6) is -0.250. The molecule has 0 bridgehead atoms. The quantitative estimate of drug-likeness (QED) is 0.373. The van der Waals surface area contributed by atoms with Crippen LogP contribution in [0, 0.1) is 5.41 Å². The van der Waals surface area contributed by atoms with E-state index in [1.54, 1.807) is 6.07 Å². The molecule has 1 atom stereocenters. The molecule has 12 heteroatoms. The minimum atomic E-state index is -1.21. The number of carbonyl (C=O) groups is 1. The SMILES string of the molecule is N=C(O/C(N)=N/[C@H]1N=C(c2ccccc2)c2ccccc2NC1=O)c1nsnc1N1CCOCC1. The van der Waals surface area contributed by atoms with Gasteiger partial charge in [-0.05, 0) is 6.07 Å². The van der Waals surface area contributed by atoms with Crippen molar-refractivity contribution in [3.63, 3.8) is 0 Å². The van der Waals surface area contributed by atoms with Crippen LogP contribution in [0.25, 0.3) is 0 Å². The average Bonchev–Trinajstić information content (AvgIpc) is 3.33. The van der Waals surface area contributed by atoms with E-state index < -0.39 is 12.1 Å². The number of carbonyl (C=O) groups excluding carboxylic acids is 1. The van der Waals surface area contributed by atoms with Gasteiger partial charge in [-0.25, -0.2) is 4.99 Å². The van der Waals surface area contributed by atoms with E-state index in [0.717, 1.165) is 22.9 Å². The number of anilines is 2. The number of aliphatic imine (C=N–C) groups is 2. The van der Waals surface area contributed by atoms with Crippen molar-refractivity contribution in [2.45, 2.75) is 6.17 Å². The number of aromatic nitrogens is 2. The van der Waals surface area contributed by atoms with Crippen molar-refractivity contribution in [3.05, 3.63) is 71.4 Å². The van der Waals surface area contributed by atoms with Gasteiger partial charge in [-0.15, -0.1) is 0 Å². The zero-order valence-electron chi connectivity index (χ0n) is 18.5. The van der Waals surface area contributed by atoms with Crippen LogP contribution in [0.15, 0.2) is 64.6 Å². The van der Waals surface area contributed by atoms with Gasteiger partial charge < -0.3 is 25.4 Å². The lowest BCUT2D eigenvalue weighted by Crippen LogP contribution is -2.37. The molecule has 1 aromatic heterocycles. The molecule has 0 unspecified atom stereocenters. The highest BCUT2D eigenvalue weighted by Crippen LogP contribution is 2.25. The van der Waals surface area contributed by atoms with Gasteiger partial charge in [-0.2, -0.15) is 13.7 Å². The van der Waals surface area contributed by atoms with E-state index in [2.05, 4.69) is 24.0 Å². The molecule has 3 heterocycles. The predicted molar refractivity (Wildman–Crippen MR) is 133 cm³/mol. The Kier molecular flexibility index (Phi) is 6.46. The molecule has 1 saturated heterocycles. The van der Waals surface area contributed by atoms with Crippen molar-refractivity contribution in [2.24, 2.45) is 15.7 Å². The maximum atomic E-state index is 12.9. The Hall–Kier alpha value is -4.16. The summed E-state index contributed by atoms with van der Waals surface area (Å²) in [6.07, 6.45) is -1.21. The fraction of sp³-hybridized carbons (Fsp3) is 0.217. The highest BCUT2D eigenvalue weighted by atomic mass is 32.1. The molecule has 178 valence electrons. The van der Waals surface area contributed by atoms with Crippen molar-refractivity contribution < 1.29 is 14.3 Å². The third kappa shape index (κ3) is 4.88. The average molecular weight is 491 g/mol. The van der Waals surface area contributed by atoms with Crippen LogP contribution < -0.4 is 16.0 Å². The van der Waals surface area contributed by atoms with E-state index in [1.807, 2.05) is 53.4 Å². The van der Waals surface area contributed by atoms with Gasteiger partial charge in [0.2, 0.25) is 12.1 Å². The number of amides is 1. The minimum Gasteiger partial charge on any atom is -0.405 e. The van der Waals surface area contributed by atoms with Gasteiger partial charge in [-0.3, -0.25) is 10.2 Å². The largest absolute Gasteiger partial charge is 0.405 e. The molecule has 5 rings (SSSR count). The molecule has 1 amide bonds. The first-order valence-electron chi connectivity index (χ1n) is 10.9. The molecule has 3 aromatic rings. The number of nitrogens with zero attached hydrogens (tertiary/aromatic N) is 5. The summed E-state index contributed by atoms with van der Waals surface area (Å²) < 4.78 is 19.3. The number of fused-ring (bicyclic) bond motifs is 1. The number of nitrogens with one attached hydrogen (secondary N) is 2. The van der Waals surface area contributed by atoms with E-state index in [4.69, 9.17) is 20.6 Å². The standard InChI is InChI=1S/C23H22N8O3S/c24-19(18-21(30-35-29-18)31-10-12-33-13-11-31)34-23(25)28-20-22(32)26-16-9-5-4-8-15(16)17(27-20)14-6-2-1-3-7-14/h1-9,20,24H,10-13H2,(H2,25,28)(H,26,32)/t20-/m1/s1. The Labute approximate surface area is 205 Å². The number of benzene rings is 2. The molecule has 11 nitrogen and oxygen atoms in total. The monoisotopic (exact) mass is 490 g/mol. The van der Waals surface area contributed by atoms with Crippen LogP contribution in [0.3, 0.4) is 0 Å². The number of morpholine rings is 1. The number of rotatable bonds is 4. The van der Waals surface area contributed by atoms with Crippen molar-refractivity contribution in [1.29, 1.82) is 5.41 Å². The Morgan fingerprint density at radius 1 is 1.14 bits per heavy atom. The third-order valence-electron chi connectivity index (χ3n) is 5.43. The van der Waals surface area contributed by atoms with Crippen LogP contribution in [0.5, 0.6) is 0 Å². The molecule has 2 aromatic carbocycles. The molecule has 0 aliphatic carbocycles. The molecule has 0 spiro atoms. The Balaban J connectivity index is 1.41. The molecule has 0 radical (unpaired) electrons. The topological polar surface area (TPSA) is 151 Å². The van der Waals surface area contributed by atoms with Crippen LogP contribution in [-0.4, -0.2) is 64.8 Å². The summed E-state index contributed by atoms with van der Waals surface area (Å²) >= 11 is 0.975. The lowest BCUT2D eigenvalue weighted by molar-refractivity contribution is -0.117. The van der Waals surface area contributed by atoms with Gasteiger partial charge in [0, 0.05) is 24.2 Å². The van der Waals surface area contributed by atoms with Crippen molar-refractivity contribution >= 4 is 46.8 Å². The number of nitrogens with two attached hydrogens (primary N) is 1. The van der Waals surface area contributed by atoms with Gasteiger partial charge in [0.25, 0.3) is 11.9 Å². The number of para-hydroxylation sites is 1. The Morgan fingerprint density at radius 2 is 1.89 bits per heavy atom. The molecule has 1 fully saturated rings. The van der Waals surface area contributed by atoms with E-state index in [9.17, 15) is 4.79 Å². The molecule has 0 saturated carbocycles. The maximum absolute atomic E-state index is 12.9. The first-order chi connectivity index (χ1) is 17.1. The van der Waals surface area contributed by atoms with Gasteiger partial charge in [0.15, 0.2) is 11.5 Å². The highest BCUT2D eigenvalue weighted by molar-refractivity contribution is 6.99. The first kappa shape index (κ1) is 22.6. The number of benzodiazepines with no additional fused rings is 1. The van der Waals surface area contributed by atoms with Crippen LogP contribution in [-0.2, 0) is 14.3 Å². The summed E-state index contributed by atoms with van der Waals surface area (Å²) in [4.78, 5) is 23.7. The normalized spacial score (nSPS) is 18.2. The lowest BCUT2D eigenvalue weighted by atomic mass is 10.0. The van der Waals surface area contributed by atoms with E-state index in [1.165, 1.54) is 0 Å². The van der Waals surface area contributed by atoms with Crippen LogP contribution >= 0.6 is 11.7 Å². The number of hydrogen-bond donors (Lipinski definition) is 3. The zero-order valence-corrected chi connectivity index (χ0v) is 19.4. The van der Waals surface area contributed by atoms with E-state index in [0.29, 0.717) is 43.5 Å². The molecule has 4 N–H and O–H groups in total. The van der Waals surface area contributed by atoms with Crippen LogP contribution in [0.2, 0.25) is 0 Å². The molecule has 2 aliphatic heterocycles. The first-order valence-corrected chi connectivity index (χ1v) is 11.6. The van der Waals surface area contributed by atoms with Gasteiger partial charge in [0.05, 0.1) is 36.3 Å². The fourth-order valence-corrected chi connectivity index (χ4v) is 4.34. The summed E-state index contributed by atoms with van der Waals surface area (Å²) in [6.45, 7) is 2.40.